The van der Waals surface area contributed by atoms with E-state index in [0.29, 0.717) is 27.9 Å². The number of nitro groups is 1. The maximum absolute atomic E-state index is 10.4. The van der Waals surface area contributed by atoms with Gasteiger partial charge >= 0.3 is 90.1 Å². The fourth-order valence-electron chi connectivity index (χ4n) is 0.779. The molecular weight excluding hydrogens is 277 g/mol. The van der Waals surface area contributed by atoms with Crippen molar-refractivity contribution in [3.63, 3.8) is 0 Å². The molecule has 0 aromatic heterocycles. The number of benzene rings is 1. The Morgan fingerprint density at radius 1 is 1.60 bits per heavy atom. The Bertz CT molecular complexity index is 379. The van der Waals surface area contributed by atoms with Crippen molar-refractivity contribution in [3.8, 4) is 0 Å². The Kier molecular flexibility index (Phi) is 6.75. The summed E-state index contributed by atoms with van der Waals surface area (Å²) in [6, 6.07) is 5.12. The van der Waals surface area contributed by atoms with Crippen molar-refractivity contribution in [2.75, 3.05) is 0 Å². The van der Waals surface area contributed by atoms with Crippen molar-refractivity contribution < 1.29 is 14.8 Å². The van der Waals surface area contributed by atoms with Gasteiger partial charge in [-0.2, -0.15) is 0 Å². The van der Waals surface area contributed by atoms with Crippen LogP contribution in [-0.4, -0.2) is 43.9 Å². The Morgan fingerprint density at radius 2 is 2.07 bits per heavy atom. The SMILES string of the molecule is CC(=O)O.O=[N+]([O-])c1cc(Br)cc[c]1[Na]. The minimum absolute atomic E-state index is 0.214. The van der Waals surface area contributed by atoms with Crippen molar-refractivity contribution in [3.05, 3.63) is 32.8 Å². The monoisotopic (exact) mass is 283 g/mol. The summed E-state index contributed by atoms with van der Waals surface area (Å²) < 4.78 is 1.57. The zero-order valence-electron chi connectivity index (χ0n) is 8.23. The van der Waals surface area contributed by atoms with E-state index in [1.807, 2.05) is 6.07 Å². The van der Waals surface area contributed by atoms with Gasteiger partial charge in [0.15, 0.2) is 0 Å². The first-order valence-corrected chi connectivity index (χ1v) is 5.74. The summed E-state index contributed by atoms with van der Waals surface area (Å²) in [5.41, 5.74) is 0.214. The van der Waals surface area contributed by atoms with E-state index in [-0.39, 0.29) is 10.6 Å². The summed E-state index contributed by atoms with van der Waals surface area (Å²) in [5, 5.41) is 17.8. The van der Waals surface area contributed by atoms with Crippen molar-refractivity contribution in [1.82, 2.24) is 0 Å². The van der Waals surface area contributed by atoms with E-state index in [4.69, 9.17) is 9.90 Å². The summed E-state index contributed by atoms with van der Waals surface area (Å²) in [5.74, 6) is -0.833. The fraction of sp³-hybridized carbons (Fsp3) is 0.125. The van der Waals surface area contributed by atoms with Crippen LogP contribution in [0.4, 0.5) is 5.69 Å². The van der Waals surface area contributed by atoms with E-state index in [0.717, 1.165) is 14.2 Å². The first-order valence-electron chi connectivity index (χ1n) is 3.94. The van der Waals surface area contributed by atoms with Gasteiger partial charge in [-0.05, 0) is 0 Å². The van der Waals surface area contributed by atoms with Crippen LogP contribution in [0.15, 0.2) is 22.7 Å². The van der Waals surface area contributed by atoms with Crippen LogP contribution in [0.1, 0.15) is 6.92 Å². The number of nitrogens with zero attached hydrogens (tertiary/aromatic N) is 1. The Labute approximate surface area is 112 Å². The number of halogens is 1. The van der Waals surface area contributed by atoms with E-state index in [1.54, 1.807) is 6.07 Å². The Balaban J connectivity index is 0.000000423. The zero-order valence-corrected chi connectivity index (χ0v) is 11.8. The predicted molar refractivity (Wildman–Crippen MR) is 59.5 cm³/mol. The number of aliphatic carboxylic acids is 1. The molecule has 0 radical (unpaired) electrons. The molecule has 5 nitrogen and oxygen atoms in total. The molecule has 0 spiro atoms. The van der Waals surface area contributed by atoms with Crippen molar-refractivity contribution in [1.29, 1.82) is 0 Å². The molecule has 0 bridgehead atoms. The standard InChI is InChI=1S/C6H3BrNO2.C2H4O2.Na/c7-5-2-1-3-6(4-5)8(9)10;1-2(3)4;/h1-2,4H;1H3,(H,3,4);. The van der Waals surface area contributed by atoms with Gasteiger partial charge in [0.25, 0.3) is 5.97 Å². The van der Waals surface area contributed by atoms with Crippen LogP contribution in [0.3, 0.4) is 0 Å². The van der Waals surface area contributed by atoms with Crippen LogP contribution in [0.25, 0.3) is 0 Å². The molecule has 1 aromatic carbocycles. The minimum atomic E-state index is -0.833. The van der Waals surface area contributed by atoms with E-state index in [2.05, 4.69) is 15.9 Å². The molecule has 1 rings (SSSR count). The van der Waals surface area contributed by atoms with Gasteiger partial charge in [-0.15, -0.1) is 0 Å². The van der Waals surface area contributed by atoms with Gasteiger partial charge in [-0.25, -0.2) is 0 Å². The number of hydrogen-bond acceptors (Lipinski definition) is 3. The molecule has 76 valence electrons. The summed E-state index contributed by atoms with van der Waals surface area (Å²) in [6.07, 6.45) is 0. The van der Waals surface area contributed by atoms with Crippen molar-refractivity contribution in [2.45, 2.75) is 6.92 Å². The quantitative estimate of drug-likeness (QED) is 0.478. The number of rotatable bonds is 1. The Hall–Kier alpha value is -0.430. The molecule has 0 fully saturated rings. The molecule has 0 aliphatic heterocycles. The van der Waals surface area contributed by atoms with Crippen molar-refractivity contribution in [2.24, 2.45) is 0 Å². The van der Waals surface area contributed by atoms with Crippen LogP contribution in [0.5, 0.6) is 0 Å². The molecule has 15 heavy (non-hydrogen) atoms. The number of carboxylic acids is 1. The maximum atomic E-state index is 10.4. The third-order valence-corrected chi connectivity index (χ3v) is 2.71. The summed E-state index contributed by atoms with van der Waals surface area (Å²) in [6.45, 7) is 1.08. The zero-order chi connectivity index (χ0) is 12.0. The van der Waals surface area contributed by atoms with Gasteiger partial charge in [-0.3, -0.25) is 4.79 Å². The molecule has 0 aliphatic carbocycles. The molecule has 0 saturated heterocycles. The number of hydrogen-bond donors (Lipinski definition) is 1. The molecule has 0 atom stereocenters. The second-order valence-corrected chi connectivity index (χ2v) is 4.70. The van der Waals surface area contributed by atoms with Gasteiger partial charge in [0.2, 0.25) is 0 Å². The van der Waals surface area contributed by atoms with Crippen molar-refractivity contribution >= 4 is 58.3 Å². The van der Waals surface area contributed by atoms with Gasteiger partial charge in [0, 0.05) is 6.92 Å². The first-order chi connectivity index (χ1) is 6.84. The molecule has 0 saturated carbocycles. The molecule has 7 heteroatoms. The molecular formula is C8H7BrNNaO4. The first kappa shape index (κ1) is 14.6. The third kappa shape index (κ3) is 6.62. The summed E-state index contributed by atoms with van der Waals surface area (Å²) in [4.78, 5) is 19.0. The second-order valence-electron chi connectivity index (χ2n) is 2.71. The van der Waals surface area contributed by atoms with Gasteiger partial charge in [0.05, 0.1) is 0 Å². The normalized spacial score (nSPS) is 8.80. The van der Waals surface area contributed by atoms with Gasteiger partial charge in [0.1, 0.15) is 0 Å². The molecule has 0 aliphatic rings. The fourth-order valence-corrected chi connectivity index (χ4v) is 1.62. The number of nitro benzene ring substituents is 1. The molecule has 0 heterocycles. The topological polar surface area (TPSA) is 80.4 Å². The van der Waals surface area contributed by atoms with E-state index < -0.39 is 5.97 Å². The predicted octanol–water partition coefficient (Wildman–Crippen LogP) is 1.24. The van der Waals surface area contributed by atoms with Crippen LogP contribution in [0, 0.1) is 10.1 Å². The number of carboxylic acid groups (broad SMARTS) is 1. The second kappa shape index (κ2) is 6.95. The summed E-state index contributed by atoms with van der Waals surface area (Å²) >= 11 is 3.88. The van der Waals surface area contributed by atoms with Gasteiger partial charge < -0.3 is 5.11 Å². The van der Waals surface area contributed by atoms with Crippen LogP contribution in [0.2, 0.25) is 0 Å². The molecule has 1 N–H and O–H groups in total. The Morgan fingerprint density at radius 3 is 2.40 bits per heavy atom. The number of carbonyl (C=O) groups is 1. The molecule has 0 unspecified atom stereocenters. The molecule has 1 aromatic rings. The van der Waals surface area contributed by atoms with E-state index in [1.165, 1.54) is 6.07 Å². The average molecular weight is 284 g/mol. The molecule has 0 amide bonds. The van der Waals surface area contributed by atoms with Crippen LogP contribution < -0.4 is 2.81 Å². The summed E-state index contributed by atoms with van der Waals surface area (Å²) in [7, 11) is 0. The van der Waals surface area contributed by atoms with Crippen LogP contribution in [-0.2, 0) is 4.79 Å². The average Bonchev–Trinajstić information content (AvgIpc) is 2.08. The third-order valence-electron chi connectivity index (χ3n) is 1.37. The van der Waals surface area contributed by atoms with E-state index >= 15 is 0 Å². The van der Waals surface area contributed by atoms with Crippen LogP contribution >= 0.6 is 15.9 Å². The van der Waals surface area contributed by atoms with E-state index in [9.17, 15) is 10.1 Å². The van der Waals surface area contributed by atoms with Gasteiger partial charge in [-0.1, -0.05) is 0 Å².